The van der Waals surface area contributed by atoms with Crippen molar-refractivity contribution < 1.29 is 9.13 Å². The lowest BCUT2D eigenvalue weighted by Crippen LogP contribution is -1.99. The van der Waals surface area contributed by atoms with Gasteiger partial charge in [0, 0.05) is 28.8 Å². The number of pyridine rings is 1. The summed E-state index contributed by atoms with van der Waals surface area (Å²) in [6.45, 7) is 2.30. The van der Waals surface area contributed by atoms with Gasteiger partial charge in [-0.15, -0.1) is 0 Å². The van der Waals surface area contributed by atoms with Gasteiger partial charge in [0.1, 0.15) is 11.6 Å². The predicted octanol–water partition coefficient (Wildman–Crippen LogP) is 3.54. The Morgan fingerprint density at radius 1 is 1.33 bits per heavy atom. The molecule has 0 unspecified atom stereocenters. The minimum Gasteiger partial charge on any atom is -0.439 e. The van der Waals surface area contributed by atoms with Crippen LogP contribution in [0.4, 0.5) is 4.39 Å². The summed E-state index contributed by atoms with van der Waals surface area (Å²) in [7, 11) is 0. The highest BCUT2D eigenvalue weighted by Gasteiger charge is 2.06. The minimum atomic E-state index is -0.365. The van der Waals surface area contributed by atoms with Gasteiger partial charge in [-0.1, -0.05) is 15.9 Å². The van der Waals surface area contributed by atoms with E-state index in [1.54, 1.807) is 12.3 Å². The molecule has 5 heteroatoms. The van der Waals surface area contributed by atoms with Crippen molar-refractivity contribution >= 4 is 15.9 Å². The molecule has 0 bridgehead atoms. The third kappa shape index (κ3) is 3.05. The second kappa shape index (κ2) is 5.46. The quantitative estimate of drug-likeness (QED) is 0.943. The lowest BCUT2D eigenvalue weighted by Gasteiger charge is -2.09. The van der Waals surface area contributed by atoms with E-state index in [4.69, 9.17) is 10.5 Å². The molecule has 0 aliphatic rings. The van der Waals surface area contributed by atoms with E-state index in [2.05, 4.69) is 20.9 Å². The Morgan fingerprint density at radius 3 is 2.72 bits per heavy atom. The van der Waals surface area contributed by atoms with Gasteiger partial charge in [-0.25, -0.2) is 9.37 Å². The summed E-state index contributed by atoms with van der Waals surface area (Å²) in [5.74, 6) is 0.485. The van der Waals surface area contributed by atoms with Crippen molar-refractivity contribution in [3.05, 3.63) is 51.9 Å². The van der Waals surface area contributed by atoms with Crippen molar-refractivity contribution in [1.29, 1.82) is 0 Å². The first-order valence-electron chi connectivity index (χ1n) is 5.38. The second-order valence-corrected chi connectivity index (χ2v) is 4.79. The molecule has 0 aliphatic carbocycles. The molecule has 1 aromatic carbocycles. The van der Waals surface area contributed by atoms with E-state index >= 15 is 0 Å². The average molecular weight is 311 g/mol. The SMILES string of the molecule is Cc1cc(CN)cnc1Oc1cc(F)cc(Br)c1. The number of hydrogen-bond donors (Lipinski definition) is 1. The van der Waals surface area contributed by atoms with Crippen LogP contribution >= 0.6 is 15.9 Å². The zero-order valence-electron chi connectivity index (χ0n) is 9.78. The summed E-state index contributed by atoms with van der Waals surface area (Å²) in [6.07, 6.45) is 1.65. The molecule has 3 nitrogen and oxygen atoms in total. The van der Waals surface area contributed by atoms with E-state index in [9.17, 15) is 4.39 Å². The number of aromatic nitrogens is 1. The van der Waals surface area contributed by atoms with E-state index in [0.717, 1.165) is 11.1 Å². The first kappa shape index (κ1) is 13.0. The third-order valence-electron chi connectivity index (χ3n) is 2.37. The van der Waals surface area contributed by atoms with Crippen molar-refractivity contribution in [3.63, 3.8) is 0 Å². The van der Waals surface area contributed by atoms with Crippen molar-refractivity contribution in [3.8, 4) is 11.6 Å². The largest absolute Gasteiger partial charge is 0.439 e. The van der Waals surface area contributed by atoms with Crippen LogP contribution in [0.25, 0.3) is 0 Å². The van der Waals surface area contributed by atoms with Gasteiger partial charge in [0.15, 0.2) is 0 Å². The summed E-state index contributed by atoms with van der Waals surface area (Å²) >= 11 is 3.21. The Hall–Kier alpha value is -1.46. The van der Waals surface area contributed by atoms with Crippen molar-refractivity contribution in [1.82, 2.24) is 4.98 Å². The molecule has 1 aromatic heterocycles. The summed E-state index contributed by atoms with van der Waals surface area (Å²) in [6, 6.07) is 6.26. The van der Waals surface area contributed by atoms with Gasteiger partial charge >= 0.3 is 0 Å². The molecule has 94 valence electrons. The molecule has 0 fully saturated rings. The van der Waals surface area contributed by atoms with Gasteiger partial charge in [-0.3, -0.25) is 0 Å². The average Bonchev–Trinajstić information content (AvgIpc) is 2.30. The summed E-state index contributed by atoms with van der Waals surface area (Å²) in [4.78, 5) is 4.16. The Kier molecular flexibility index (Phi) is 3.93. The topological polar surface area (TPSA) is 48.1 Å². The highest BCUT2D eigenvalue weighted by molar-refractivity contribution is 9.10. The molecule has 0 aliphatic heterocycles. The number of halogens is 2. The number of nitrogens with zero attached hydrogens (tertiary/aromatic N) is 1. The van der Waals surface area contributed by atoms with Crippen LogP contribution in [-0.2, 0) is 6.54 Å². The van der Waals surface area contributed by atoms with E-state index in [1.165, 1.54) is 12.1 Å². The molecule has 1 heterocycles. The molecule has 2 aromatic rings. The summed E-state index contributed by atoms with van der Waals surface area (Å²) < 4.78 is 19.4. The van der Waals surface area contributed by atoms with Crippen molar-refractivity contribution in [2.45, 2.75) is 13.5 Å². The van der Waals surface area contributed by atoms with Crippen molar-refractivity contribution in [2.75, 3.05) is 0 Å². The van der Waals surface area contributed by atoms with Gasteiger partial charge in [-0.05, 0) is 30.7 Å². The molecule has 0 radical (unpaired) electrons. The molecule has 2 rings (SSSR count). The number of hydrogen-bond acceptors (Lipinski definition) is 3. The standard InChI is InChI=1S/C13H12BrFN2O/c1-8-2-9(6-16)7-17-13(8)18-12-4-10(14)3-11(15)5-12/h2-5,7H,6,16H2,1H3. The maximum absolute atomic E-state index is 13.2. The molecule has 0 atom stereocenters. The summed E-state index contributed by atoms with van der Waals surface area (Å²) in [5, 5.41) is 0. The fourth-order valence-corrected chi connectivity index (χ4v) is 1.98. The molecular formula is C13H12BrFN2O. The fraction of sp³-hybridized carbons (Fsp3) is 0.154. The van der Waals surface area contributed by atoms with Crippen molar-refractivity contribution in [2.24, 2.45) is 5.73 Å². The van der Waals surface area contributed by atoms with Gasteiger partial charge in [0.2, 0.25) is 5.88 Å². The number of benzene rings is 1. The molecule has 0 saturated carbocycles. The monoisotopic (exact) mass is 310 g/mol. The molecular weight excluding hydrogens is 299 g/mol. The zero-order chi connectivity index (χ0) is 13.1. The van der Waals surface area contributed by atoms with Gasteiger partial charge in [-0.2, -0.15) is 0 Å². The number of ether oxygens (including phenoxy) is 1. The van der Waals surface area contributed by atoms with E-state index in [-0.39, 0.29) is 5.82 Å². The van der Waals surface area contributed by atoms with E-state index in [0.29, 0.717) is 22.6 Å². The second-order valence-electron chi connectivity index (χ2n) is 3.88. The highest BCUT2D eigenvalue weighted by Crippen LogP contribution is 2.26. The lowest BCUT2D eigenvalue weighted by molar-refractivity contribution is 0.453. The van der Waals surface area contributed by atoms with Gasteiger partial charge < -0.3 is 10.5 Å². The van der Waals surface area contributed by atoms with Crippen LogP contribution < -0.4 is 10.5 Å². The molecule has 0 saturated heterocycles. The Bertz CT molecular complexity index is 555. The third-order valence-corrected chi connectivity index (χ3v) is 2.83. The van der Waals surface area contributed by atoms with E-state index < -0.39 is 0 Å². The summed E-state index contributed by atoms with van der Waals surface area (Å²) in [5.41, 5.74) is 7.31. The van der Waals surface area contributed by atoms with Gasteiger partial charge in [0.05, 0.1) is 0 Å². The fourth-order valence-electron chi connectivity index (χ4n) is 1.54. The van der Waals surface area contributed by atoms with Crippen LogP contribution in [0.3, 0.4) is 0 Å². The van der Waals surface area contributed by atoms with Crippen LogP contribution in [-0.4, -0.2) is 4.98 Å². The maximum atomic E-state index is 13.2. The van der Waals surface area contributed by atoms with Crippen LogP contribution in [0.5, 0.6) is 11.6 Å². The molecule has 18 heavy (non-hydrogen) atoms. The zero-order valence-corrected chi connectivity index (χ0v) is 11.4. The number of rotatable bonds is 3. The van der Waals surface area contributed by atoms with Crippen LogP contribution in [0.15, 0.2) is 34.9 Å². The lowest BCUT2D eigenvalue weighted by atomic mass is 10.2. The molecule has 2 N–H and O–H groups in total. The minimum absolute atomic E-state index is 0.365. The molecule has 0 amide bonds. The smallest absolute Gasteiger partial charge is 0.222 e. The Morgan fingerprint density at radius 2 is 2.11 bits per heavy atom. The van der Waals surface area contributed by atoms with Crippen LogP contribution in [0.1, 0.15) is 11.1 Å². The molecule has 0 spiro atoms. The first-order valence-corrected chi connectivity index (χ1v) is 6.17. The highest BCUT2D eigenvalue weighted by atomic mass is 79.9. The Balaban J connectivity index is 2.28. The van der Waals surface area contributed by atoms with Gasteiger partial charge in [0.25, 0.3) is 0 Å². The maximum Gasteiger partial charge on any atom is 0.222 e. The first-order chi connectivity index (χ1) is 8.58. The Labute approximate surface area is 113 Å². The predicted molar refractivity (Wildman–Crippen MR) is 71.0 cm³/mol. The van der Waals surface area contributed by atoms with Crippen LogP contribution in [0, 0.1) is 12.7 Å². The normalized spacial score (nSPS) is 10.4. The van der Waals surface area contributed by atoms with Crippen LogP contribution in [0.2, 0.25) is 0 Å². The number of nitrogens with two attached hydrogens (primary N) is 1. The van der Waals surface area contributed by atoms with E-state index in [1.807, 2.05) is 13.0 Å². The number of aryl methyl sites for hydroxylation is 1.